The number of carbonyl (C=O) groups excluding carboxylic acids is 1. The molecule has 0 aliphatic carbocycles. The molecule has 1 aliphatic rings. The van der Waals surface area contributed by atoms with E-state index in [0.717, 1.165) is 37.6 Å². The zero-order valence-corrected chi connectivity index (χ0v) is 13.9. The van der Waals surface area contributed by atoms with Crippen molar-refractivity contribution < 1.29 is 4.79 Å². The van der Waals surface area contributed by atoms with E-state index in [0.29, 0.717) is 23.2 Å². The highest BCUT2D eigenvalue weighted by atomic mass is 32.1. The summed E-state index contributed by atoms with van der Waals surface area (Å²) in [6.07, 6.45) is 2.17. The van der Waals surface area contributed by atoms with E-state index < -0.39 is 0 Å². The van der Waals surface area contributed by atoms with Crippen LogP contribution in [0.3, 0.4) is 0 Å². The van der Waals surface area contributed by atoms with Crippen LogP contribution < -0.4 is 16.0 Å². The molecule has 0 bridgehead atoms. The van der Waals surface area contributed by atoms with Crippen LogP contribution in [-0.2, 0) is 0 Å². The molecule has 2 rings (SSSR count). The largest absolute Gasteiger partial charge is 0.382 e. The summed E-state index contributed by atoms with van der Waals surface area (Å²) in [6.45, 7) is 5.88. The Labute approximate surface area is 130 Å². The van der Waals surface area contributed by atoms with Crippen molar-refractivity contribution in [2.75, 3.05) is 50.9 Å². The van der Waals surface area contributed by atoms with E-state index in [1.54, 1.807) is 0 Å². The molecule has 0 radical (unpaired) electrons. The Hall–Kier alpha value is -1.34. The number of nitrogen functional groups attached to an aromatic ring is 1. The number of aromatic nitrogens is 1. The number of hydrogen-bond acceptors (Lipinski definition) is 6. The third-order valence-electron chi connectivity index (χ3n) is 3.77. The number of likely N-dealkylation sites (tertiary alicyclic amines) is 1. The molecule has 0 saturated carbocycles. The Morgan fingerprint density at radius 3 is 3.00 bits per heavy atom. The zero-order valence-electron chi connectivity index (χ0n) is 13.1. The number of carbonyl (C=O) groups is 1. The van der Waals surface area contributed by atoms with Crippen LogP contribution in [0.5, 0.6) is 0 Å². The molecule has 7 heteroatoms. The highest BCUT2D eigenvalue weighted by Gasteiger charge is 2.22. The van der Waals surface area contributed by atoms with Gasteiger partial charge in [0.05, 0.1) is 0 Å². The quantitative estimate of drug-likeness (QED) is 0.827. The first kappa shape index (κ1) is 16.0. The van der Waals surface area contributed by atoms with Crippen LogP contribution >= 0.6 is 11.3 Å². The Morgan fingerprint density at radius 1 is 1.62 bits per heavy atom. The highest BCUT2D eigenvalue weighted by Crippen LogP contribution is 2.27. The number of nitrogens with zero attached hydrogens (tertiary/aromatic N) is 3. The predicted octanol–water partition coefficient (Wildman–Crippen LogP) is 1.25. The second-order valence-electron chi connectivity index (χ2n) is 5.76. The van der Waals surface area contributed by atoms with Gasteiger partial charge >= 0.3 is 0 Å². The first-order chi connectivity index (χ1) is 10.0. The maximum absolute atomic E-state index is 12.2. The maximum Gasteiger partial charge on any atom is 0.265 e. The summed E-state index contributed by atoms with van der Waals surface area (Å²) in [4.78, 5) is 21.4. The minimum atomic E-state index is -0.101. The van der Waals surface area contributed by atoms with Crippen molar-refractivity contribution in [2.24, 2.45) is 5.92 Å². The first-order valence-corrected chi connectivity index (χ1v) is 8.27. The van der Waals surface area contributed by atoms with E-state index in [9.17, 15) is 4.79 Å². The topological polar surface area (TPSA) is 74.5 Å². The van der Waals surface area contributed by atoms with Crippen molar-refractivity contribution in [1.29, 1.82) is 0 Å². The standard InChI is InChI=1S/C14H25N5OS/c1-4-6-19(3)14-17-12(15)11(21-14)13(20)16-8-10-5-7-18(2)9-10/h10H,4-9,15H2,1-3H3,(H,16,20). The van der Waals surface area contributed by atoms with Gasteiger partial charge in [-0.25, -0.2) is 4.98 Å². The van der Waals surface area contributed by atoms with Gasteiger partial charge in [-0.1, -0.05) is 18.3 Å². The molecule has 1 aromatic rings. The molecule has 1 unspecified atom stereocenters. The molecule has 1 amide bonds. The molecule has 3 N–H and O–H groups in total. The van der Waals surface area contributed by atoms with Crippen molar-refractivity contribution in [3.8, 4) is 0 Å². The molecular weight excluding hydrogens is 286 g/mol. The van der Waals surface area contributed by atoms with Gasteiger partial charge in [-0.15, -0.1) is 0 Å². The van der Waals surface area contributed by atoms with Gasteiger partial charge in [0, 0.05) is 26.7 Å². The average Bonchev–Trinajstić information content (AvgIpc) is 3.02. The number of nitrogens with two attached hydrogens (primary N) is 1. The molecule has 2 heterocycles. The summed E-state index contributed by atoms with van der Waals surface area (Å²) < 4.78 is 0. The van der Waals surface area contributed by atoms with E-state index in [1.807, 2.05) is 11.9 Å². The summed E-state index contributed by atoms with van der Waals surface area (Å²) >= 11 is 1.37. The predicted molar refractivity (Wildman–Crippen MR) is 88.0 cm³/mol. The Balaban J connectivity index is 1.92. The highest BCUT2D eigenvalue weighted by molar-refractivity contribution is 7.18. The van der Waals surface area contributed by atoms with E-state index in [1.165, 1.54) is 11.3 Å². The van der Waals surface area contributed by atoms with E-state index in [2.05, 4.69) is 29.2 Å². The van der Waals surface area contributed by atoms with Gasteiger partial charge in [0.2, 0.25) is 0 Å². The summed E-state index contributed by atoms with van der Waals surface area (Å²) in [7, 11) is 4.08. The molecule has 0 aromatic carbocycles. The fourth-order valence-electron chi connectivity index (χ4n) is 2.59. The average molecular weight is 311 g/mol. The van der Waals surface area contributed by atoms with Crippen LogP contribution in [0.15, 0.2) is 0 Å². The number of thiazole rings is 1. The molecule has 6 nitrogen and oxygen atoms in total. The second-order valence-corrected chi connectivity index (χ2v) is 6.74. The molecule has 1 atom stereocenters. The number of anilines is 2. The maximum atomic E-state index is 12.2. The lowest BCUT2D eigenvalue weighted by Gasteiger charge is -2.13. The van der Waals surface area contributed by atoms with Gasteiger partial charge in [0.25, 0.3) is 5.91 Å². The van der Waals surface area contributed by atoms with Crippen molar-refractivity contribution in [3.63, 3.8) is 0 Å². The lowest BCUT2D eigenvalue weighted by atomic mass is 10.1. The lowest BCUT2D eigenvalue weighted by molar-refractivity contribution is 0.0952. The van der Waals surface area contributed by atoms with Crippen LogP contribution in [-0.4, -0.2) is 56.1 Å². The van der Waals surface area contributed by atoms with Crippen molar-refractivity contribution in [3.05, 3.63) is 4.88 Å². The van der Waals surface area contributed by atoms with Gasteiger partial charge in [-0.3, -0.25) is 4.79 Å². The van der Waals surface area contributed by atoms with Gasteiger partial charge in [-0.05, 0) is 32.4 Å². The zero-order chi connectivity index (χ0) is 15.4. The number of rotatable bonds is 6. The Kier molecular flexibility index (Phi) is 5.41. The van der Waals surface area contributed by atoms with Crippen molar-refractivity contribution in [1.82, 2.24) is 15.2 Å². The van der Waals surface area contributed by atoms with E-state index in [4.69, 9.17) is 5.73 Å². The lowest BCUT2D eigenvalue weighted by Crippen LogP contribution is -2.30. The minimum absolute atomic E-state index is 0.101. The summed E-state index contributed by atoms with van der Waals surface area (Å²) in [5.74, 6) is 0.769. The molecule has 1 fully saturated rings. The fraction of sp³-hybridized carbons (Fsp3) is 0.714. The van der Waals surface area contributed by atoms with Crippen molar-refractivity contribution >= 4 is 28.2 Å². The smallest absolute Gasteiger partial charge is 0.265 e. The summed E-state index contributed by atoms with van der Waals surface area (Å²) in [5, 5.41) is 3.80. The Morgan fingerprint density at radius 2 is 2.38 bits per heavy atom. The van der Waals surface area contributed by atoms with Crippen LogP contribution in [0.4, 0.5) is 10.9 Å². The van der Waals surface area contributed by atoms with E-state index >= 15 is 0 Å². The van der Waals surface area contributed by atoms with Gasteiger partial charge in [-0.2, -0.15) is 0 Å². The van der Waals surface area contributed by atoms with Crippen molar-refractivity contribution in [2.45, 2.75) is 19.8 Å². The molecule has 0 spiro atoms. The third-order valence-corrected chi connectivity index (χ3v) is 4.96. The fourth-order valence-corrected chi connectivity index (χ4v) is 3.48. The summed E-state index contributed by atoms with van der Waals surface area (Å²) in [6, 6.07) is 0. The summed E-state index contributed by atoms with van der Waals surface area (Å²) in [5.41, 5.74) is 5.89. The van der Waals surface area contributed by atoms with Crippen LogP contribution in [0.1, 0.15) is 29.4 Å². The number of amides is 1. The molecule has 1 aliphatic heterocycles. The number of hydrogen-bond donors (Lipinski definition) is 2. The Bertz CT molecular complexity index is 490. The van der Waals surface area contributed by atoms with E-state index in [-0.39, 0.29) is 5.91 Å². The number of nitrogens with one attached hydrogen (secondary N) is 1. The monoisotopic (exact) mass is 311 g/mol. The molecule has 21 heavy (non-hydrogen) atoms. The third kappa shape index (κ3) is 4.07. The SMILES string of the molecule is CCCN(C)c1nc(N)c(C(=O)NCC2CCN(C)C2)s1. The normalized spacial score (nSPS) is 18.9. The van der Waals surface area contributed by atoms with Gasteiger partial charge in [0.1, 0.15) is 10.7 Å². The van der Waals surface area contributed by atoms with Gasteiger partial charge in [0.15, 0.2) is 5.13 Å². The van der Waals surface area contributed by atoms with Crippen LogP contribution in [0.25, 0.3) is 0 Å². The van der Waals surface area contributed by atoms with Gasteiger partial charge < -0.3 is 20.9 Å². The first-order valence-electron chi connectivity index (χ1n) is 7.45. The molecule has 1 saturated heterocycles. The molecule has 118 valence electrons. The van der Waals surface area contributed by atoms with Crippen LogP contribution in [0, 0.1) is 5.92 Å². The molecular formula is C14H25N5OS. The van der Waals surface area contributed by atoms with Crippen LogP contribution in [0.2, 0.25) is 0 Å². The minimum Gasteiger partial charge on any atom is -0.382 e. The molecule has 1 aromatic heterocycles. The second kappa shape index (κ2) is 7.09.